The summed E-state index contributed by atoms with van der Waals surface area (Å²) in [5.41, 5.74) is 3.82. The average Bonchev–Trinajstić information content (AvgIpc) is 3.01. The van der Waals surface area contributed by atoms with E-state index in [9.17, 15) is 4.79 Å². The Kier molecular flexibility index (Phi) is 7.26. The lowest BCUT2D eigenvalue weighted by molar-refractivity contribution is -0.116. The Morgan fingerprint density at radius 3 is 1.90 bits per heavy atom. The summed E-state index contributed by atoms with van der Waals surface area (Å²) in [6.45, 7) is 0. The minimum Gasteiger partial charge on any atom is -0.497 e. The van der Waals surface area contributed by atoms with Gasteiger partial charge in [0, 0.05) is 16.4 Å². The summed E-state index contributed by atoms with van der Waals surface area (Å²) in [5, 5.41) is 8.18. The molecule has 2 aliphatic heterocycles. The molecule has 2 aliphatic rings. The lowest BCUT2D eigenvalue weighted by Crippen LogP contribution is -2.59. The first-order valence-electron chi connectivity index (χ1n) is 13.0. The Bertz CT molecular complexity index is 1610. The molecule has 41 heavy (non-hydrogen) atoms. The predicted octanol–water partition coefficient (Wildman–Crippen LogP) is 6.34. The number of carbonyl (C=O) groups is 1. The van der Waals surface area contributed by atoms with Gasteiger partial charge in [-0.3, -0.25) is 14.6 Å². The van der Waals surface area contributed by atoms with Gasteiger partial charge in [0.2, 0.25) is 0 Å². The molecular formula is C32H27ClN4O3S. The van der Waals surface area contributed by atoms with E-state index in [0.29, 0.717) is 27.2 Å². The van der Waals surface area contributed by atoms with Crippen molar-refractivity contribution in [2.45, 2.75) is 12.2 Å². The summed E-state index contributed by atoms with van der Waals surface area (Å²) in [6.07, 6.45) is -0.544. The molecule has 0 radical (unpaired) electrons. The van der Waals surface area contributed by atoms with Crippen LogP contribution in [0.3, 0.4) is 0 Å². The highest BCUT2D eigenvalue weighted by Crippen LogP contribution is 2.41. The lowest BCUT2D eigenvalue weighted by atomic mass is 9.92. The van der Waals surface area contributed by atoms with Gasteiger partial charge in [-0.2, -0.15) is 0 Å². The number of para-hydroxylation sites is 1. The highest BCUT2D eigenvalue weighted by Gasteiger charge is 2.45. The fourth-order valence-electron chi connectivity index (χ4n) is 5.18. The minimum atomic E-state index is -0.544. The van der Waals surface area contributed by atoms with Gasteiger partial charge in [-0.1, -0.05) is 54.1 Å². The van der Waals surface area contributed by atoms with Crippen molar-refractivity contribution in [3.63, 3.8) is 0 Å². The first-order valence-corrected chi connectivity index (χ1v) is 13.8. The number of anilines is 2. The first-order chi connectivity index (χ1) is 20.0. The van der Waals surface area contributed by atoms with E-state index in [-0.39, 0.29) is 5.91 Å². The second-order valence-electron chi connectivity index (χ2n) is 9.56. The number of amides is 1. The van der Waals surface area contributed by atoms with E-state index >= 15 is 0 Å². The van der Waals surface area contributed by atoms with E-state index in [1.54, 1.807) is 31.3 Å². The number of ether oxygens (including phenoxy) is 2. The van der Waals surface area contributed by atoms with Crippen LogP contribution in [0.5, 0.6) is 11.5 Å². The SMILES string of the molecule is COc1ccc([C@H]2NC(=S)N(c3ccccc3)C3=C2C(=O)N(c2ccc(Cl)cc2)[C@H](c2ccc(OC)cc2)N3)cc1. The molecule has 2 N–H and O–H groups in total. The van der Waals surface area contributed by atoms with Crippen molar-refractivity contribution in [3.05, 3.63) is 131 Å². The molecule has 4 aromatic rings. The van der Waals surface area contributed by atoms with Gasteiger partial charge in [0.25, 0.3) is 5.91 Å². The molecule has 0 saturated heterocycles. The Morgan fingerprint density at radius 2 is 1.32 bits per heavy atom. The third-order valence-corrected chi connectivity index (χ3v) is 7.77. The number of nitrogens with zero attached hydrogens (tertiary/aromatic N) is 2. The van der Waals surface area contributed by atoms with Crippen LogP contribution in [-0.2, 0) is 4.79 Å². The summed E-state index contributed by atoms with van der Waals surface area (Å²) >= 11 is 12.2. The monoisotopic (exact) mass is 582 g/mol. The number of nitrogens with one attached hydrogen (secondary N) is 2. The molecule has 6 rings (SSSR count). The lowest BCUT2D eigenvalue weighted by Gasteiger charge is -2.47. The van der Waals surface area contributed by atoms with Gasteiger partial charge in [0.05, 0.1) is 25.8 Å². The maximum Gasteiger partial charge on any atom is 0.262 e. The van der Waals surface area contributed by atoms with Crippen LogP contribution in [0, 0.1) is 0 Å². The maximum absolute atomic E-state index is 14.8. The van der Waals surface area contributed by atoms with E-state index in [1.165, 1.54) is 0 Å². The van der Waals surface area contributed by atoms with Crippen LogP contribution in [-0.4, -0.2) is 25.2 Å². The van der Waals surface area contributed by atoms with Crippen LogP contribution < -0.4 is 29.9 Å². The Hall–Kier alpha value is -4.53. The van der Waals surface area contributed by atoms with Crippen molar-refractivity contribution in [2.24, 2.45) is 0 Å². The zero-order valence-corrected chi connectivity index (χ0v) is 23.9. The number of hydrogen-bond donors (Lipinski definition) is 2. The van der Waals surface area contributed by atoms with Crippen LogP contribution in [0.25, 0.3) is 0 Å². The third-order valence-electron chi connectivity index (χ3n) is 7.22. The van der Waals surface area contributed by atoms with Gasteiger partial charge in [-0.15, -0.1) is 0 Å². The van der Waals surface area contributed by atoms with E-state index in [0.717, 1.165) is 28.3 Å². The van der Waals surface area contributed by atoms with Crippen molar-refractivity contribution in [2.75, 3.05) is 24.0 Å². The van der Waals surface area contributed by atoms with Crippen LogP contribution in [0.1, 0.15) is 23.3 Å². The van der Waals surface area contributed by atoms with Crippen LogP contribution in [0.15, 0.2) is 115 Å². The van der Waals surface area contributed by atoms with E-state index in [4.69, 9.17) is 33.3 Å². The van der Waals surface area contributed by atoms with Gasteiger partial charge in [-0.25, -0.2) is 0 Å². The molecule has 0 bridgehead atoms. The Balaban J connectivity index is 1.56. The second kappa shape index (κ2) is 11.2. The molecule has 2 atom stereocenters. The van der Waals surface area contributed by atoms with Crippen molar-refractivity contribution < 1.29 is 14.3 Å². The van der Waals surface area contributed by atoms with Crippen molar-refractivity contribution >= 4 is 46.2 Å². The summed E-state index contributed by atoms with van der Waals surface area (Å²) in [6, 6.07) is 31.8. The maximum atomic E-state index is 14.8. The number of methoxy groups -OCH3 is 2. The summed E-state index contributed by atoms with van der Waals surface area (Å²) < 4.78 is 10.8. The van der Waals surface area contributed by atoms with Gasteiger partial charge >= 0.3 is 0 Å². The molecule has 206 valence electrons. The van der Waals surface area contributed by atoms with Crippen LogP contribution in [0.2, 0.25) is 5.02 Å². The normalized spacial score (nSPS) is 18.4. The Morgan fingerprint density at radius 1 is 0.732 bits per heavy atom. The fourth-order valence-corrected chi connectivity index (χ4v) is 5.62. The number of halogens is 1. The van der Waals surface area contributed by atoms with Crippen LogP contribution in [0.4, 0.5) is 11.4 Å². The van der Waals surface area contributed by atoms with Gasteiger partial charge < -0.3 is 20.1 Å². The highest BCUT2D eigenvalue weighted by molar-refractivity contribution is 7.80. The van der Waals surface area contributed by atoms with Crippen molar-refractivity contribution in [1.82, 2.24) is 10.6 Å². The number of carbonyl (C=O) groups excluding carboxylic acids is 1. The minimum absolute atomic E-state index is 0.168. The highest BCUT2D eigenvalue weighted by atomic mass is 35.5. The molecule has 0 aliphatic carbocycles. The topological polar surface area (TPSA) is 66.1 Å². The Labute approximate surface area is 248 Å². The first kappa shape index (κ1) is 26.7. The van der Waals surface area contributed by atoms with Crippen LogP contribution >= 0.6 is 23.8 Å². The zero-order valence-electron chi connectivity index (χ0n) is 22.4. The summed E-state index contributed by atoms with van der Waals surface area (Å²) in [7, 11) is 3.25. The van der Waals surface area contributed by atoms with Gasteiger partial charge in [0.15, 0.2) is 5.11 Å². The van der Waals surface area contributed by atoms with E-state index < -0.39 is 12.2 Å². The summed E-state index contributed by atoms with van der Waals surface area (Å²) in [4.78, 5) is 18.4. The zero-order chi connectivity index (χ0) is 28.5. The summed E-state index contributed by atoms with van der Waals surface area (Å²) in [5.74, 6) is 1.90. The third kappa shape index (κ3) is 4.96. The molecule has 0 fully saturated rings. The van der Waals surface area contributed by atoms with Gasteiger partial charge in [-0.05, 0) is 84.0 Å². The molecule has 4 aromatic carbocycles. The quantitative estimate of drug-likeness (QED) is 0.257. The van der Waals surface area contributed by atoms with E-state index in [1.807, 2.05) is 95.9 Å². The van der Waals surface area contributed by atoms with Gasteiger partial charge in [0.1, 0.15) is 23.5 Å². The molecule has 0 aromatic heterocycles. The number of thiocarbonyl (C=S) groups is 1. The smallest absolute Gasteiger partial charge is 0.262 e. The molecule has 0 unspecified atom stereocenters. The second-order valence-corrected chi connectivity index (χ2v) is 10.4. The molecule has 2 heterocycles. The number of rotatable bonds is 6. The predicted molar refractivity (Wildman–Crippen MR) is 165 cm³/mol. The fraction of sp³-hybridized carbons (Fsp3) is 0.125. The molecule has 0 saturated carbocycles. The molecule has 0 spiro atoms. The number of benzene rings is 4. The van der Waals surface area contributed by atoms with Crippen molar-refractivity contribution in [3.8, 4) is 11.5 Å². The largest absolute Gasteiger partial charge is 0.497 e. The standard InChI is InChI=1S/C32H27ClN4O3S/c1-39-25-16-8-20(9-17-25)28-27-30(37(32(41)34-28)23-6-4-3-5-7-23)35-29(21-10-18-26(40-2)19-11-21)36(31(27)38)24-14-12-22(33)13-15-24/h3-19,28-29,35H,1-2H3,(H,34,41)/t28-,29-/m1/s1. The molecule has 1 amide bonds. The average molecular weight is 583 g/mol. The molecule has 7 nitrogen and oxygen atoms in total. The van der Waals surface area contributed by atoms with E-state index in [2.05, 4.69) is 10.6 Å². The molecule has 9 heteroatoms. The molecular weight excluding hydrogens is 556 g/mol. The van der Waals surface area contributed by atoms with Crippen molar-refractivity contribution in [1.29, 1.82) is 0 Å². The number of hydrogen-bond acceptors (Lipinski definition) is 5.